The fraction of sp³-hybridized carbons (Fsp3) is 0.320. The fourth-order valence-electron chi connectivity index (χ4n) is 4.21. The van der Waals surface area contributed by atoms with Crippen LogP contribution in [0.1, 0.15) is 43.0 Å². The molecule has 0 unspecified atom stereocenters. The molecule has 0 saturated heterocycles. The molecule has 4 rings (SSSR count). The summed E-state index contributed by atoms with van der Waals surface area (Å²) < 4.78 is 2.40. The van der Waals surface area contributed by atoms with Crippen LogP contribution in [-0.2, 0) is 13.0 Å². The van der Waals surface area contributed by atoms with E-state index >= 15 is 0 Å². The van der Waals surface area contributed by atoms with Crippen molar-refractivity contribution in [3.05, 3.63) is 65.9 Å². The van der Waals surface area contributed by atoms with E-state index in [0.29, 0.717) is 0 Å². The Hall–Kier alpha value is -2.81. The Kier molecular flexibility index (Phi) is 5.34. The zero-order valence-corrected chi connectivity index (χ0v) is 17.0. The van der Waals surface area contributed by atoms with Crippen LogP contribution in [0.4, 0.5) is 11.4 Å². The largest absolute Gasteiger partial charge is 0.373 e. The maximum absolute atomic E-state index is 4.98. The van der Waals surface area contributed by atoms with Gasteiger partial charge in [-0.15, -0.1) is 0 Å². The molecule has 0 atom stereocenters. The molecule has 0 fully saturated rings. The van der Waals surface area contributed by atoms with Gasteiger partial charge >= 0.3 is 0 Å². The molecule has 144 valence electrons. The number of hydrogen-bond donors (Lipinski definition) is 0. The Labute approximate surface area is 168 Å². The number of nitrogens with zero attached hydrogens (tertiary/aromatic N) is 3. The van der Waals surface area contributed by atoms with Crippen LogP contribution in [0.3, 0.4) is 0 Å². The summed E-state index contributed by atoms with van der Waals surface area (Å²) in [5, 5.41) is 1.28. The lowest BCUT2D eigenvalue weighted by atomic mass is 9.98. The second-order valence-electron chi connectivity index (χ2n) is 7.67. The molecule has 3 nitrogen and oxygen atoms in total. The first kappa shape index (κ1) is 18.5. The molecule has 0 N–H and O–H groups in total. The number of aromatic nitrogens is 1. The van der Waals surface area contributed by atoms with Crippen LogP contribution in [-0.4, -0.2) is 24.4 Å². The summed E-state index contributed by atoms with van der Waals surface area (Å²) in [5.74, 6) is 0. The summed E-state index contributed by atoms with van der Waals surface area (Å²) >= 11 is 0. The highest BCUT2D eigenvalue weighted by Crippen LogP contribution is 2.37. The number of rotatable bonds is 6. The Balaban J connectivity index is 1.78. The van der Waals surface area contributed by atoms with E-state index < -0.39 is 0 Å². The number of aliphatic imine (C=N–C) groups is 1. The van der Waals surface area contributed by atoms with Gasteiger partial charge in [-0.1, -0.05) is 44.2 Å². The first-order valence-electron chi connectivity index (χ1n) is 10.3. The fourth-order valence-corrected chi connectivity index (χ4v) is 4.21. The van der Waals surface area contributed by atoms with Crippen LogP contribution in [0.25, 0.3) is 17.0 Å². The van der Waals surface area contributed by atoms with E-state index in [-0.39, 0.29) is 0 Å². The standard InChI is InChI=1S/C25H29N3/c1-4-6-14-28-22(17-20-10-7-8-12-24(20)28)18-26-23-16-19(5-2)15-21-11-9-13-27(3)25(21)23/h5,7-8,10,12,15-18H,2,4,6,9,11,13-14H2,1,3H3. The first-order chi connectivity index (χ1) is 13.7. The zero-order chi connectivity index (χ0) is 19.5. The molecule has 0 bridgehead atoms. The molecule has 2 aromatic carbocycles. The summed E-state index contributed by atoms with van der Waals surface area (Å²) in [7, 11) is 2.17. The van der Waals surface area contributed by atoms with Crippen LogP contribution < -0.4 is 4.90 Å². The summed E-state index contributed by atoms with van der Waals surface area (Å²) in [5.41, 5.74) is 7.30. The molecule has 0 spiro atoms. The van der Waals surface area contributed by atoms with Crippen molar-refractivity contribution < 1.29 is 0 Å². The highest BCUT2D eigenvalue weighted by molar-refractivity contribution is 5.92. The Morgan fingerprint density at radius 1 is 1.18 bits per heavy atom. The van der Waals surface area contributed by atoms with Crippen molar-refractivity contribution in [2.45, 2.75) is 39.2 Å². The third-order valence-electron chi connectivity index (χ3n) is 5.66. The van der Waals surface area contributed by atoms with Crippen molar-refractivity contribution in [1.82, 2.24) is 4.57 Å². The van der Waals surface area contributed by atoms with Gasteiger partial charge in [-0.3, -0.25) is 4.99 Å². The van der Waals surface area contributed by atoms with Gasteiger partial charge in [0.1, 0.15) is 0 Å². The topological polar surface area (TPSA) is 20.5 Å². The lowest BCUT2D eigenvalue weighted by molar-refractivity contribution is 0.647. The van der Waals surface area contributed by atoms with Gasteiger partial charge in [-0.25, -0.2) is 0 Å². The van der Waals surface area contributed by atoms with E-state index in [1.165, 1.54) is 47.1 Å². The summed E-state index contributed by atoms with van der Waals surface area (Å²) in [6, 6.07) is 15.3. The summed E-state index contributed by atoms with van der Waals surface area (Å²) in [6.45, 7) is 8.31. The highest BCUT2D eigenvalue weighted by atomic mass is 15.1. The van der Waals surface area contributed by atoms with E-state index in [1.807, 2.05) is 12.3 Å². The monoisotopic (exact) mass is 371 g/mol. The molecule has 0 radical (unpaired) electrons. The van der Waals surface area contributed by atoms with Gasteiger partial charge in [-0.2, -0.15) is 0 Å². The normalized spacial score (nSPS) is 14.0. The second-order valence-corrected chi connectivity index (χ2v) is 7.67. The quantitative estimate of drug-likeness (QED) is 0.471. The van der Waals surface area contributed by atoms with E-state index in [2.05, 4.69) is 72.5 Å². The molecule has 0 amide bonds. The minimum atomic E-state index is 1.02. The van der Waals surface area contributed by atoms with E-state index in [1.54, 1.807) is 0 Å². The number of aryl methyl sites for hydroxylation is 2. The van der Waals surface area contributed by atoms with Gasteiger partial charge in [0.05, 0.1) is 23.3 Å². The smallest absolute Gasteiger partial charge is 0.0872 e. The van der Waals surface area contributed by atoms with Crippen LogP contribution in [0.5, 0.6) is 0 Å². The number of fused-ring (bicyclic) bond motifs is 2. The van der Waals surface area contributed by atoms with Crippen molar-refractivity contribution in [3.63, 3.8) is 0 Å². The van der Waals surface area contributed by atoms with Crippen molar-refractivity contribution >= 4 is 34.6 Å². The minimum Gasteiger partial charge on any atom is -0.373 e. The van der Waals surface area contributed by atoms with Gasteiger partial charge in [0, 0.05) is 31.0 Å². The number of para-hydroxylation sites is 1. The lowest BCUT2D eigenvalue weighted by Crippen LogP contribution is -2.24. The number of benzene rings is 2. The van der Waals surface area contributed by atoms with Gasteiger partial charge < -0.3 is 9.47 Å². The molecule has 1 aliphatic heterocycles. The maximum atomic E-state index is 4.98. The van der Waals surface area contributed by atoms with Crippen molar-refractivity contribution in [1.29, 1.82) is 0 Å². The molecular weight excluding hydrogens is 342 g/mol. The van der Waals surface area contributed by atoms with Crippen molar-refractivity contribution in [2.24, 2.45) is 4.99 Å². The average Bonchev–Trinajstić information content (AvgIpc) is 3.07. The third kappa shape index (κ3) is 3.49. The number of anilines is 1. The average molecular weight is 372 g/mol. The Bertz CT molecular complexity index is 1030. The zero-order valence-electron chi connectivity index (χ0n) is 17.0. The van der Waals surface area contributed by atoms with E-state index in [4.69, 9.17) is 4.99 Å². The maximum Gasteiger partial charge on any atom is 0.0872 e. The predicted octanol–water partition coefficient (Wildman–Crippen LogP) is 6.22. The predicted molar refractivity (Wildman–Crippen MR) is 122 cm³/mol. The minimum absolute atomic E-state index is 1.02. The van der Waals surface area contributed by atoms with Gasteiger partial charge in [0.25, 0.3) is 0 Å². The highest BCUT2D eigenvalue weighted by Gasteiger charge is 2.18. The first-order valence-corrected chi connectivity index (χ1v) is 10.3. The molecule has 2 heterocycles. The SMILES string of the molecule is C=Cc1cc2c(c(N=Cc3cc4ccccc4n3CCCC)c1)N(C)CCC2. The van der Waals surface area contributed by atoms with E-state index in [9.17, 15) is 0 Å². The lowest BCUT2D eigenvalue weighted by Gasteiger charge is -2.29. The van der Waals surface area contributed by atoms with E-state index in [0.717, 1.165) is 30.8 Å². The molecular formula is C25H29N3. The molecule has 3 aromatic rings. The van der Waals surface area contributed by atoms with Crippen molar-refractivity contribution in [2.75, 3.05) is 18.5 Å². The molecule has 0 aliphatic carbocycles. The van der Waals surface area contributed by atoms with Crippen molar-refractivity contribution in [3.8, 4) is 0 Å². The van der Waals surface area contributed by atoms with Crippen LogP contribution in [0, 0.1) is 0 Å². The van der Waals surface area contributed by atoms with Crippen LogP contribution in [0.15, 0.2) is 54.0 Å². The molecule has 0 saturated carbocycles. The Morgan fingerprint density at radius 3 is 2.86 bits per heavy atom. The van der Waals surface area contributed by atoms with Gasteiger partial charge in [0.2, 0.25) is 0 Å². The van der Waals surface area contributed by atoms with Gasteiger partial charge in [-0.05, 0) is 54.7 Å². The molecule has 1 aromatic heterocycles. The van der Waals surface area contributed by atoms with Crippen LogP contribution >= 0.6 is 0 Å². The number of hydrogen-bond acceptors (Lipinski definition) is 2. The summed E-state index contributed by atoms with van der Waals surface area (Å²) in [4.78, 5) is 7.32. The Morgan fingerprint density at radius 2 is 2.04 bits per heavy atom. The second kappa shape index (κ2) is 8.05. The molecule has 1 aliphatic rings. The summed E-state index contributed by atoms with van der Waals surface area (Å²) in [6.07, 6.45) is 8.62. The molecule has 28 heavy (non-hydrogen) atoms. The number of unbranched alkanes of at least 4 members (excludes halogenated alkanes) is 1. The third-order valence-corrected chi connectivity index (χ3v) is 5.66. The van der Waals surface area contributed by atoms with Crippen LogP contribution in [0.2, 0.25) is 0 Å². The van der Waals surface area contributed by atoms with Gasteiger partial charge in [0.15, 0.2) is 0 Å². The molecule has 3 heteroatoms.